The van der Waals surface area contributed by atoms with Crippen LogP contribution in [0.5, 0.6) is 0 Å². The predicted octanol–water partition coefficient (Wildman–Crippen LogP) is 3.43. The molecule has 0 aliphatic rings. The lowest BCUT2D eigenvalue weighted by Crippen LogP contribution is -2.34. The van der Waals surface area contributed by atoms with Crippen LogP contribution in [0.2, 0.25) is 0 Å². The van der Waals surface area contributed by atoms with Crippen molar-refractivity contribution >= 4 is 17.4 Å². The van der Waals surface area contributed by atoms with Gasteiger partial charge in [0.15, 0.2) is 5.82 Å². The van der Waals surface area contributed by atoms with Gasteiger partial charge >= 0.3 is 0 Å². The summed E-state index contributed by atoms with van der Waals surface area (Å²) in [6.45, 7) is 7.87. The normalized spacial score (nSPS) is 12.0. The minimum Gasteiger partial charge on any atom is -0.374 e. The van der Waals surface area contributed by atoms with E-state index in [-0.39, 0.29) is 11.9 Å². The van der Waals surface area contributed by atoms with Crippen LogP contribution in [0.25, 0.3) is 0 Å². The van der Waals surface area contributed by atoms with Crippen molar-refractivity contribution in [2.75, 3.05) is 10.6 Å². The van der Waals surface area contributed by atoms with Gasteiger partial charge in [0.2, 0.25) is 5.91 Å². The van der Waals surface area contributed by atoms with E-state index in [0.29, 0.717) is 18.0 Å². The maximum Gasteiger partial charge on any atom is 0.248 e. The first-order chi connectivity index (χ1) is 9.99. The molecule has 21 heavy (non-hydrogen) atoms. The zero-order valence-corrected chi connectivity index (χ0v) is 12.9. The van der Waals surface area contributed by atoms with Crippen molar-refractivity contribution < 1.29 is 9.32 Å². The molecule has 0 fully saturated rings. The smallest absolute Gasteiger partial charge is 0.248 e. The van der Waals surface area contributed by atoms with E-state index in [1.807, 2.05) is 25.1 Å². The highest BCUT2D eigenvalue weighted by molar-refractivity contribution is 5.95. The Morgan fingerprint density at radius 3 is 2.57 bits per heavy atom. The number of nitrogens with zero attached hydrogens (tertiary/aromatic N) is 1. The molecule has 2 aromatic rings. The second kappa shape index (κ2) is 6.43. The molecule has 0 radical (unpaired) electrons. The molecular weight excluding hydrogens is 266 g/mol. The number of carbonyl (C=O) groups is 1. The summed E-state index contributed by atoms with van der Waals surface area (Å²) in [5.41, 5.74) is 3.37. The molecule has 1 unspecified atom stereocenters. The third-order valence-electron chi connectivity index (χ3n) is 3.45. The average molecular weight is 287 g/mol. The Labute approximate surface area is 124 Å². The number of carbonyl (C=O) groups excluding carboxylic acids is 1. The van der Waals surface area contributed by atoms with Gasteiger partial charge in [0.1, 0.15) is 11.8 Å². The molecule has 0 bridgehead atoms. The lowest BCUT2D eigenvalue weighted by molar-refractivity contribution is -0.117. The van der Waals surface area contributed by atoms with Crippen molar-refractivity contribution in [2.24, 2.45) is 0 Å². The molecule has 112 valence electrons. The van der Waals surface area contributed by atoms with Gasteiger partial charge in [-0.2, -0.15) is 0 Å². The minimum atomic E-state index is -0.316. The zero-order valence-electron chi connectivity index (χ0n) is 12.9. The number of aryl methyl sites for hydroxylation is 3. The molecule has 0 spiro atoms. The van der Waals surface area contributed by atoms with Crippen molar-refractivity contribution in [1.82, 2.24) is 5.16 Å². The van der Waals surface area contributed by atoms with E-state index >= 15 is 0 Å². The topological polar surface area (TPSA) is 67.2 Å². The summed E-state index contributed by atoms with van der Waals surface area (Å²) in [7, 11) is 0. The van der Waals surface area contributed by atoms with Gasteiger partial charge in [-0.15, -0.1) is 0 Å². The van der Waals surface area contributed by atoms with Crippen LogP contribution in [0.1, 0.15) is 30.2 Å². The van der Waals surface area contributed by atoms with Crippen molar-refractivity contribution in [3.8, 4) is 0 Å². The van der Waals surface area contributed by atoms with Crippen molar-refractivity contribution in [1.29, 1.82) is 0 Å². The molecule has 1 heterocycles. The van der Waals surface area contributed by atoms with E-state index in [9.17, 15) is 4.79 Å². The number of anilines is 2. The number of rotatable bonds is 5. The molecule has 2 N–H and O–H groups in total. The number of aromatic nitrogens is 1. The number of nitrogens with one attached hydrogen (secondary N) is 2. The SMILES string of the molecule is CCC(Nc1ccc(C)c(C)c1)C(=O)Nc1cc(C)on1. The van der Waals surface area contributed by atoms with Crippen LogP contribution in [-0.2, 0) is 4.79 Å². The summed E-state index contributed by atoms with van der Waals surface area (Å²) in [5.74, 6) is 0.988. The van der Waals surface area contributed by atoms with Gasteiger partial charge in [-0.1, -0.05) is 18.1 Å². The van der Waals surface area contributed by atoms with E-state index in [1.54, 1.807) is 13.0 Å². The fourth-order valence-corrected chi connectivity index (χ4v) is 2.02. The highest BCUT2D eigenvalue weighted by Gasteiger charge is 2.17. The van der Waals surface area contributed by atoms with Gasteiger partial charge < -0.3 is 15.2 Å². The van der Waals surface area contributed by atoms with Crippen molar-refractivity contribution in [3.05, 3.63) is 41.2 Å². The first kappa shape index (κ1) is 15.1. The van der Waals surface area contributed by atoms with Crippen LogP contribution in [0, 0.1) is 20.8 Å². The highest BCUT2D eigenvalue weighted by Crippen LogP contribution is 2.16. The predicted molar refractivity (Wildman–Crippen MR) is 83.5 cm³/mol. The molecule has 5 heteroatoms. The summed E-state index contributed by atoms with van der Waals surface area (Å²) in [6.07, 6.45) is 0.676. The molecule has 0 saturated carbocycles. The fourth-order valence-electron chi connectivity index (χ4n) is 2.02. The molecular formula is C16H21N3O2. The number of benzene rings is 1. The summed E-state index contributed by atoms with van der Waals surface area (Å²) in [4.78, 5) is 12.3. The largest absolute Gasteiger partial charge is 0.374 e. The fraction of sp³-hybridized carbons (Fsp3) is 0.375. The Hall–Kier alpha value is -2.30. The standard InChI is InChI=1S/C16H21N3O2/c1-5-14(16(20)18-15-9-12(4)21-19-15)17-13-7-6-10(2)11(3)8-13/h6-9,14,17H,5H2,1-4H3,(H,18,19,20). The Balaban J connectivity index is 2.04. The maximum absolute atomic E-state index is 12.3. The Morgan fingerprint density at radius 2 is 2.00 bits per heavy atom. The van der Waals surface area contributed by atoms with Gasteiger partial charge in [0.05, 0.1) is 0 Å². The van der Waals surface area contributed by atoms with E-state index in [2.05, 4.69) is 29.6 Å². The third-order valence-corrected chi connectivity index (χ3v) is 3.45. The molecule has 1 aromatic carbocycles. The van der Waals surface area contributed by atoms with Gasteiger partial charge in [0, 0.05) is 11.8 Å². The average Bonchev–Trinajstić information content (AvgIpc) is 2.85. The minimum absolute atomic E-state index is 0.121. The summed E-state index contributed by atoms with van der Waals surface area (Å²) >= 11 is 0. The quantitative estimate of drug-likeness (QED) is 0.884. The lowest BCUT2D eigenvalue weighted by Gasteiger charge is -2.17. The second-order valence-electron chi connectivity index (χ2n) is 5.22. The van der Waals surface area contributed by atoms with Crippen molar-refractivity contribution in [3.63, 3.8) is 0 Å². The highest BCUT2D eigenvalue weighted by atomic mass is 16.5. The maximum atomic E-state index is 12.3. The zero-order chi connectivity index (χ0) is 15.4. The van der Waals surface area contributed by atoms with Crippen LogP contribution in [0.3, 0.4) is 0 Å². The summed E-state index contributed by atoms with van der Waals surface area (Å²) in [6, 6.07) is 7.46. The van der Waals surface area contributed by atoms with Gasteiger partial charge in [-0.25, -0.2) is 0 Å². The third kappa shape index (κ3) is 3.84. The molecule has 5 nitrogen and oxygen atoms in total. The van der Waals surface area contributed by atoms with Crippen molar-refractivity contribution in [2.45, 2.75) is 40.2 Å². The molecule has 1 aromatic heterocycles. The van der Waals surface area contributed by atoms with Gasteiger partial charge in [0.25, 0.3) is 0 Å². The van der Waals surface area contributed by atoms with Crippen LogP contribution in [0.15, 0.2) is 28.8 Å². The second-order valence-corrected chi connectivity index (χ2v) is 5.22. The molecule has 0 aliphatic heterocycles. The summed E-state index contributed by atoms with van der Waals surface area (Å²) in [5, 5.41) is 9.78. The lowest BCUT2D eigenvalue weighted by atomic mass is 10.1. The van der Waals surface area contributed by atoms with E-state index < -0.39 is 0 Å². The van der Waals surface area contributed by atoms with Crippen LogP contribution in [-0.4, -0.2) is 17.1 Å². The molecule has 1 amide bonds. The van der Waals surface area contributed by atoms with Gasteiger partial charge in [-0.05, 0) is 50.5 Å². The van der Waals surface area contributed by atoms with E-state index in [4.69, 9.17) is 4.52 Å². The molecule has 2 rings (SSSR count). The first-order valence-electron chi connectivity index (χ1n) is 7.07. The summed E-state index contributed by atoms with van der Waals surface area (Å²) < 4.78 is 4.94. The number of amides is 1. The Kier molecular flexibility index (Phi) is 4.62. The van der Waals surface area contributed by atoms with E-state index in [1.165, 1.54) is 11.1 Å². The van der Waals surface area contributed by atoms with Crippen LogP contribution < -0.4 is 10.6 Å². The first-order valence-corrected chi connectivity index (χ1v) is 7.07. The van der Waals surface area contributed by atoms with E-state index in [0.717, 1.165) is 5.69 Å². The number of hydrogen-bond donors (Lipinski definition) is 2. The van der Waals surface area contributed by atoms with Crippen LogP contribution in [0.4, 0.5) is 11.5 Å². The van der Waals surface area contributed by atoms with Crippen LogP contribution >= 0.6 is 0 Å². The monoisotopic (exact) mass is 287 g/mol. The Morgan fingerprint density at radius 1 is 1.24 bits per heavy atom. The molecule has 0 saturated heterocycles. The van der Waals surface area contributed by atoms with Gasteiger partial charge in [-0.3, -0.25) is 4.79 Å². The molecule has 1 atom stereocenters. The number of hydrogen-bond acceptors (Lipinski definition) is 4. The Bertz CT molecular complexity index is 634. The molecule has 0 aliphatic carbocycles.